The summed E-state index contributed by atoms with van der Waals surface area (Å²) in [5.41, 5.74) is 1.02. The normalized spacial score (nSPS) is 12.2. The monoisotopic (exact) mass is 354 g/mol. The first kappa shape index (κ1) is 17.3. The molecule has 2 rings (SSSR count). The minimum Gasteiger partial charge on any atom is -0.425 e. The number of halogens is 2. The van der Waals surface area contributed by atoms with Gasteiger partial charge in [-0.1, -0.05) is 65.2 Å². The summed E-state index contributed by atoms with van der Waals surface area (Å²) in [5, 5.41) is 0.706. The summed E-state index contributed by atoms with van der Waals surface area (Å²) in [6.07, 6.45) is 0. The van der Waals surface area contributed by atoms with Crippen LogP contribution in [0.3, 0.4) is 0 Å². The van der Waals surface area contributed by atoms with Crippen molar-refractivity contribution in [1.29, 1.82) is 0 Å². The molecule has 0 aliphatic carbocycles. The van der Waals surface area contributed by atoms with Gasteiger partial charge in [-0.25, -0.2) is 0 Å². The van der Waals surface area contributed by atoms with Crippen LogP contribution in [0.25, 0.3) is 0 Å². The molecular formula is C16H18BCl2O2P. The van der Waals surface area contributed by atoms with Crippen molar-refractivity contribution in [2.24, 2.45) is 0 Å². The van der Waals surface area contributed by atoms with Crippen molar-refractivity contribution in [3.63, 3.8) is 0 Å². The van der Waals surface area contributed by atoms with Gasteiger partial charge in [-0.15, -0.1) is 0 Å². The Kier molecular flexibility index (Phi) is 6.31. The number of benzene rings is 2. The Morgan fingerprint density at radius 1 is 1.05 bits per heavy atom. The van der Waals surface area contributed by atoms with Crippen molar-refractivity contribution in [2.75, 3.05) is 13.3 Å². The Hall–Kier alpha value is -1.02. The minimum atomic E-state index is -0.478. The quantitative estimate of drug-likeness (QED) is 0.348. The predicted octanol–water partition coefficient (Wildman–Crippen LogP) is 4.20. The van der Waals surface area contributed by atoms with E-state index in [0.29, 0.717) is 10.0 Å². The van der Waals surface area contributed by atoms with Crippen LogP contribution in [0, 0.1) is 0 Å². The predicted molar refractivity (Wildman–Crippen MR) is 100.0 cm³/mol. The molecule has 0 saturated carbocycles. The van der Waals surface area contributed by atoms with Gasteiger partial charge in [0.2, 0.25) is 0 Å². The van der Waals surface area contributed by atoms with Crippen LogP contribution in [-0.4, -0.2) is 26.3 Å². The third kappa shape index (κ3) is 4.49. The maximum absolute atomic E-state index is 12.7. The highest BCUT2D eigenvalue weighted by Crippen LogP contribution is 2.35. The number of carbonyl (C=O) groups excluding carboxylic acids is 1. The molecule has 0 bridgehead atoms. The van der Waals surface area contributed by atoms with Crippen LogP contribution in [0.15, 0.2) is 48.5 Å². The molecule has 0 heterocycles. The first-order valence-electron chi connectivity index (χ1n) is 7.30. The van der Waals surface area contributed by atoms with E-state index in [0.717, 1.165) is 5.56 Å². The van der Waals surface area contributed by atoms with Crippen molar-refractivity contribution in [3.8, 4) is 5.75 Å². The highest BCUT2D eigenvalue weighted by atomic mass is 35.5. The first-order chi connectivity index (χ1) is 10.5. The molecule has 0 aliphatic heterocycles. The van der Waals surface area contributed by atoms with Gasteiger partial charge in [0.15, 0.2) is 12.7 Å². The molecule has 22 heavy (non-hydrogen) atoms. The average Bonchev–Trinajstić information content (AvgIpc) is 2.49. The van der Waals surface area contributed by atoms with E-state index >= 15 is 0 Å². The van der Waals surface area contributed by atoms with Gasteiger partial charge in [-0.3, -0.25) is 4.79 Å². The second kappa shape index (κ2) is 8.01. The second-order valence-electron chi connectivity index (χ2n) is 5.89. The van der Waals surface area contributed by atoms with Crippen LogP contribution in [0.5, 0.6) is 5.75 Å². The lowest BCUT2D eigenvalue weighted by Gasteiger charge is -2.20. The molecule has 0 N–H and O–H groups in total. The van der Waals surface area contributed by atoms with E-state index in [4.69, 9.17) is 27.9 Å². The molecule has 2 aromatic rings. The van der Waals surface area contributed by atoms with Gasteiger partial charge < -0.3 is 4.74 Å². The lowest BCUT2D eigenvalue weighted by atomic mass is 9.79. The standard InChI is InChI=1S/C16H18BCl2O2P/c1-22(2)17-14(11-7-4-3-5-8-11)16(20)21-15-12(18)9-6-10-13(15)19/h3-10,14,22H,17H2,1-2H3/t14-/m1/s1. The molecule has 0 saturated heterocycles. The Balaban J connectivity index is 2.26. The molecule has 0 fully saturated rings. The summed E-state index contributed by atoms with van der Waals surface area (Å²) >= 11 is 12.2. The summed E-state index contributed by atoms with van der Waals surface area (Å²) in [6, 6.07) is 14.9. The third-order valence-electron chi connectivity index (χ3n) is 3.64. The van der Waals surface area contributed by atoms with Crippen molar-refractivity contribution in [1.82, 2.24) is 0 Å². The zero-order valence-electron chi connectivity index (χ0n) is 12.8. The number of para-hydroxylation sites is 1. The van der Waals surface area contributed by atoms with Crippen LogP contribution in [0.1, 0.15) is 11.4 Å². The van der Waals surface area contributed by atoms with Crippen LogP contribution in [-0.2, 0) is 4.79 Å². The summed E-state index contributed by atoms with van der Waals surface area (Å²) in [7, 11) is -0.478. The van der Waals surface area contributed by atoms with Gasteiger partial charge in [0.1, 0.15) is 0 Å². The van der Waals surface area contributed by atoms with E-state index in [1.165, 1.54) is 0 Å². The molecule has 2 aromatic carbocycles. The van der Waals surface area contributed by atoms with Crippen LogP contribution in [0.4, 0.5) is 0 Å². The van der Waals surface area contributed by atoms with Gasteiger partial charge in [0, 0.05) is 13.3 Å². The number of rotatable bonds is 5. The lowest BCUT2D eigenvalue weighted by molar-refractivity contribution is -0.134. The highest BCUT2D eigenvalue weighted by Gasteiger charge is 2.23. The molecule has 0 aromatic heterocycles. The molecule has 1 atom stereocenters. The number of carbonyl (C=O) groups is 1. The number of hydrogen-bond acceptors (Lipinski definition) is 2. The Bertz CT molecular complexity index is 630. The van der Waals surface area contributed by atoms with E-state index in [1.54, 1.807) is 18.2 Å². The Morgan fingerprint density at radius 2 is 1.64 bits per heavy atom. The lowest BCUT2D eigenvalue weighted by Crippen LogP contribution is -2.23. The fraction of sp³-hybridized carbons (Fsp3) is 0.188. The number of esters is 1. The summed E-state index contributed by atoms with van der Waals surface area (Å²) in [6.45, 7) is 4.02. The van der Waals surface area contributed by atoms with E-state index < -0.39 is 14.8 Å². The maximum Gasteiger partial charge on any atom is 0.286 e. The van der Waals surface area contributed by atoms with E-state index in [-0.39, 0.29) is 17.5 Å². The van der Waals surface area contributed by atoms with Gasteiger partial charge in [-0.2, -0.15) is 7.80 Å². The smallest absolute Gasteiger partial charge is 0.286 e. The first-order valence-corrected chi connectivity index (χ1v) is 11.1. The molecular weight excluding hydrogens is 337 g/mol. The van der Waals surface area contributed by atoms with Gasteiger partial charge in [-0.05, 0) is 17.9 Å². The van der Waals surface area contributed by atoms with Gasteiger partial charge in [0.05, 0.1) is 10.0 Å². The second-order valence-corrected chi connectivity index (χ2v) is 10.3. The average molecular weight is 355 g/mol. The summed E-state index contributed by atoms with van der Waals surface area (Å²) in [5.74, 6) is -0.172. The SMILES string of the molecule is C[PH+](C)[BH2-][C@@H](C(=O)Oc1c(Cl)cccc1Cl)c1ccccc1. The molecule has 116 valence electrons. The zero-order chi connectivity index (χ0) is 16.1. The van der Waals surface area contributed by atoms with E-state index in [9.17, 15) is 4.79 Å². The Labute approximate surface area is 142 Å². The van der Waals surface area contributed by atoms with E-state index in [2.05, 4.69) is 13.3 Å². The molecule has 0 aliphatic rings. The van der Waals surface area contributed by atoms with Crippen LogP contribution >= 0.6 is 31.0 Å². The minimum absolute atomic E-state index is 0.169. The largest absolute Gasteiger partial charge is 0.425 e. The van der Waals surface area contributed by atoms with Crippen molar-refractivity contribution in [3.05, 3.63) is 64.1 Å². The van der Waals surface area contributed by atoms with Gasteiger partial charge >= 0.3 is 0 Å². The van der Waals surface area contributed by atoms with Crippen molar-refractivity contribution >= 4 is 44.0 Å². The van der Waals surface area contributed by atoms with Crippen molar-refractivity contribution in [2.45, 2.75) is 5.82 Å². The maximum atomic E-state index is 12.7. The molecule has 2 nitrogen and oxygen atoms in total. The zero-order valence-corrected chi connectivity index (χ0v) is 15.3. The van der Waals surface area contributed by atoms with Crippen molar-refractivity contribution < 1.29 is 9.53 Å². The van der Waals surface area contributed by atoms with E-state index in [1.807, 2.05) is 30.3 Å². The number of hydrogen-bond donors (Lipinski definition) is 0. The molecule has 0 spiro atoms. The summed E-state index contributed by atoms with van der Waals surface area (Å²) in [4.78, 5) is 12.7. The molecule has 0 unspecified atom stereocenters. The number of ether oxygens (including phenoxy) is 1. The van der Waals surface area contributed by atoms with Crippen LogP contribution < -0.4 is 4.74 Å². The molecule has 0 radical (unpaired) electrons. The fourth-order valence-corrected chi connectivity index (χ4v) is 4.71. The Morgan fingerprint density at radius 3 is 2.18 bits per heavy atom. The topological polar surface area (TPSA) is 26.3 Å². The van der Waals surface area contributed by atoms with Crippen LogP contribution in [0.2, 0.25) is 10.0 Å². The highest BCUT2D eigenvalue weighted by molar-refractivity contribution is 7.85. The molecule has 6 heteroatoms. The van der Waals surface area contributed by atoms with Gasteiger partial charge in [0.25, 0.3) is 5.97 Å². The summed E-state index contributed by atoms with van der Waals surface area (Å²) < 4.78 is 5.54. The fourth-order valence-electron chi connectivity index (χ4n) is 2.51. The third-order valence-corrected chi connectivity index (χ3v) is 5.97. The molecule has 0 amide bonds.